The highest BCUT2D eigenvalue weighted by molar-refractivity contribution is 7.57. The van der Waals surface area contributed by atoms with Gasteiger partial charge in [0.1, 0.15) is 17.9 Å². The molecule has 1 aliphatic heterocycles. The number of likely N-dealkylation sites (tertiary alicyclic amines) is 1. The topological polar surface area (TPSA) is 177 Å². The largest absolute Gasteiger partial charge is 0.456 e. The molecule has 3 rings (SSSR count). The van der Waals surface area contributed by atoms with Gasteiger partial charge in [-0.1, -0.05) is 92.1 Å². The summed E-state index contributed by atoms with van der Waals surface area (Å²) in [5, 5.41) is 8.59. The third-order valence-electron chi connectivity index (χ3n) is 9.74. The summed E-state index contributed by atoms with van der Waals surface area (Å²) in [6, 6.07) is 5.97. The van der Waals surface area contributed by atoms with Gasteiger partial charge in [-0.05, 0) is 68.2 Å². The molecule has 5 N–H and O–H groups in total. The Morgan fingerprint density at radius 1 is 0.960 bits per heavy atom. The van der Waals surface area contributed by atoms with Crippen molar-refractivity contribution < 1.29 is 33.5 Å². The van der Waals surface area contributed by atoms with Gasteiger partial charge >= 0.3 is 12.0 Å². The van der Waals surface area contributed by atoms with E-state index in [4.69, 9.17) is 10.5 Å². The lowest BCUT2D eigenvalue weighted by Crippen LogP contribution is -2.60. The molecule has 1 heterocycles. The standard InChI is InChI=1S/C37H58N5O7P/c1-22(2)19-26-17-18-42(29(26)28(43)21-39-27(30(44)32(38)45)20-24-13-12-14-24)34(46)31(37(4,5)6)40-36(48)41-33(50(7)8)35(47)49-23(3)25-15-10-9-11-16-25/h9-11,15-16,22-24,26-27,29,31,33,39H,12-14,17-21H2,1-8H3,(H2,38,45)(H2,40,41,48)/t23-,26-,27?,29+,31-,33?/m1/s1. The summed E-state index contributed by atoms with van der Waals surface area (Å²) in [6.45, 7) is 15.2. The molecule has 1 aliphatic carbocycles. The number of primary amides is 1. The Labute approximate surface area is 298 Å². The van der Waals surface area contributed by atoms with Crippen LogP contribution in [-0.4, -0.2) is 90.6 Å². The number of Topliss-reactive ketones (excluding diaryl/α,β-unsaturated/α-hetero) is 2. The highest BCUT2D eigenvalue weighted by atomic mass is 31.1. The Bertz CT molecular complexity index is 1360. The van der Waals surface area contributed by atoms with E-state index in [1.807, 2.05) is 64.4 Å². The van der Waals surface area contributed by atoms with Crippen molar-refractivity contribution in [2.75, 3.05) is 26.4 Å². The summed E-state index contributed by atoms with van der Waals surface area (Å²) in [6.07, 6.45) is 4.22. The molecule has 1 saturated carbocycles. The number of carbonyl (C=O) groups excluding carboxylic acids is 6. The highest BCUT2D eigenvalue weighted by Crippen LogP contribution is 2.35. The van der Waals surface area contributed by atoms with Crippen molar-refractivity contribution in [1.29, 1.82) is 0 Å². The Morgan fingerprint density at radius 3 is 2.12 bits per heavy atom. The number of hydrogen-bond acceptors (Lipinski definition) is 8. The van der Waals surface area contributed by atoms with Crippen LogP contribution in [-0.2, 0) is 28.7 Å². The second kappa shape index (κ2) is 18.2. The first-order chi connectivity index (χ1) is 23.4. The van der Waals surface area contributed by atoms with Gasteiger partial charge < -0.3 is 26.0 Å². The van der Waals surface area contributed by atoms with Crippen LogP contribution >= 0.6 is 7.92 Å². The summed E-state index contributed by atoms with van der Waals surface area (Å²) in [5.41, 5.74) is 5.41. The number of benzene rings is 1. The lowest BCUT2D eigenvalue weighted by Gasteiger charge is -2.37. The zero-order valence-electron chi connectivity index (χ0n) is 31.0. The van der Waals surface area contributed by atoms with Crippen LogP contribution in [0.1, 0.15) is 91.7 Å². The number of urea groups is 1. The molecule has 13 heteroatoms. The summed E-state index contributed by atoms with van der Waals surface area (Å²) in [7, 11) is -1.01. The molecule has 1 aromatic carbocycles. The number of carbonyl (C=O) groups is 6. The van der Waals surface area contributed by atoms with Crippen molar-refractivity contribution in [2.45, 2.75) is 110 Å². The molecule has 0 aromatic heterocycles. The van der Waals surface area contributed by atoms with Crippen molar-refractivity contribution in [3.8, 4) is 0 Å². The van der Waals surface area contributed by atoms with E-state index in [1.165, 1.54) is 0 Å². The molecular formula is C37H58N5O7P. The predicted molar refractivity (Wildman–Crippen MR) is 194 cm³/mol. The van der Waals surface area contributed by atoms with E-state index in [9.17, 15) is 28.8 Å². The van der Waals surface area contributed by atoms with E-state index in [2.05, 4.69) is 29.8 Å². The summed E-state index contributed by atoms with van der Waals surface area (Å²) >= 11 is 0. The van der Waals surface area contributed by atoms with Crippen LogP contribution in [0.2, 0.25) is 0 Å². The quantitative estimate of drug-likeness (QED) is 0.106. The smallest absolute Gasteiger partial charge is 0.333 e. The van der Waals surface area contributed by atoms with Gasteiger partial charge in [0.05, 0.1) is 18.6 Å². The second-order valence-electron chi connectivity index (χ2n) is 15.6. The zero-order valence-corrected chi connectivity index (χ0v) is 31.9. The Kier molecular flexibility index (Phi) is 15.0. The first-order valence-electron chi connectivity index (χ1n) is 17.8. The lowest BCUT2D eigenvalue weighted by molar-refractivity contribution is -0.148. The summed E-state index contributed by atoms with van der Waals surface area (Å²) in [4.78, 5) is 81.0. The molecular weight excluding hydrogens is 657 g/mol. The van der Waals surface area contributed by atoms with E-state index >= 15 is 0 Å². The number of nitrogens with one attached hydrogen (secondary N) is 3. The Balaban J connectivity index is 1.77. The number of nitrogens with zero attached hydrogens (tertiary/aromatic N) is 1. The molecule has 2 fully saturated rings. The molecule has 1 aromatic rings. The van der Waals surface area contributed by atoms with Gasteiger partial charge in [-0.2, -0.15) is 0 Å². The Morgan fingerprint density at radius 2 is 1.60 bits per heavy atom. The van der Waals surface area contributed by atoms with Crippen LogP contribution in [0.15, 0.2) is 30.3 Å². The molecule has 0 bridgehead atoms. The van der Waals surface area contributed by atoms with Crippen molar-refractivity contribution in [1.82, 2.24) is 20.9 Å². The highest BCUT2D eigenvalue weighted by Gasteiger charge is 2.46. The minimum Gasteiger partial charge on any atom is -0.456 e. The van der Waals surface area contributed by atoms with E-state index in [0.717, 1.165) is 24.8 Å². The molecule has 1 saturated heterocycles. The van der Waals surface area contributed by atoms with E-state index < -0.39 is 72.9 Å². The van der Waals surface area contributed by atoms with Crippen LogP contribution in [0.25, 0.3) is 0 Å². The minimum absolute atomic E-state index is 0.117. The summed E-state index contributed by atoms with van der Waals surface area (Å²) in [5.74, 6) is -3.48. The van der Waals surface area contributed by atoms with Gasteiger partial charge in [0.25, 0.3) is 5.91 Å². The van der Waals surface area contributed by atoms with Gasteiger partial charge in [-0.25, -0.2) is 9.59 Å². The van der Waals surface area contributed by atoms with Crippen LogP contribution in [0.3, 0.4) is 0 Å². The van der Waals surface area contributed by atoms with Crippen LogP contribution < -0.4 is 21.7 Å². The van der Waals surface area contributed by atoms with Gasteiger partial charge in [0.2, 0.25) is 11.7 Å². The van der Waals surface area contributed by atoms with Crippen LogP contribution in [0, 0.1) is 23.2 Å². The average Bonchev–Trinajstić information content (AvgIpc) is 3.43. The lowest BCUT2D eigenvalue weighted by atomic mass is 9.80. The fraction of sp³-hybridized carbons (Fsp3) is 0.676. The van der Waals surface area contributed by atoms with Gasteiger partial charge in [-0.3, -0.25) is 24.5 Å². The molecule has 12 nitrogen and oxygen atoms in total. The Hall–Kier alpha value is -3.37. The first-order valence-corrected chi connectivity index (χ1v) is 20.1. The van der Waals surface area contributed by atoms with E-state index in [1.54, 1.807) is 11.8 Å². The number of ketones is 2. The summed E-state index contributed by atoms with van der Waals surface area (Å²) < 4.78 is 5.71. The van der Waals surface area contributed by atoms with Crippen molar-refractivity contribution in [3.63, 3.8) is 0 Å². The van der Waals surface area contributed by atoms with Crippen LogP contribution in [0.4, 0.5) is 4.79 Å². The second-order valence-corrected chi connectivity index (χ2v) is 18.0. The molecule has 4 amide bonds. The number of esters is 1. The first kappa shape index (κ1) is 41.1. The molecule has 6 atom stereocenters. The number of nitrogens with two attached hydrogens (primary N) is 1. The fourth-order valence-corrected chi connectivity index (χ4v) is 7.64. The monoisotopic (exact) mass is 715 g/mol. The molecule has 0 radical (unpaired) electrons. The van der Waals surface area contributed by atoms with Crippen molar-refractivity contribution in [2.24, 2.45) is 28.9 Å². The maximum Gasteiger partial charge on any atom is 0.333 e. The number of ether oxygens (including phenoxy) is 1. The van der Waals surface area contributed by atoms with E-state index in [0.29, 0.717) is 31.7 Å². The minimum atomic E-state index is -1.04. The fourth-order valence-electron chi connectivity index (χ4n) is 6.78. The van der Waals surface area contributed by atoms with Crippen molar-refractivity contribution >= 4 is 43.3 Å². The van der Waals surface area contributed by atoms with Gasteiger partial charge in [0.15, 0.2) is 5.78 Å². The SMILES string of the molecule is CC(C)C[C@H]1CCN(C(=O)[C@@H](NC(=O)NC(C(=O)O[C@H](C)c2ccccc2)P(C)C)C(C)(C)C)[C@@H]1C(=O)CNC(CC1CCC1)C(=O)C(N)=O. The third kappa shape index (κ3) is 11.3. The zero-order chi connectivity index (χ0) is 37.3. The normalized spacial score (nSPS) is 20.4. The number of amides is 4. The van der Waals surface area contributed by atoms with Crippen molar-refractivity contribution in [3.05, 3.63) is 35.9 Å². The number of hydrogen-bond donors (Lipinski definition) is 4. The third-order valence-corrected chi connectivity index (χ3v) is 11.1. The molecule has 0 spiro atoms. The molecule has 278 valence electrons. The van der Waals surface area contributed by atoms with Gasteiger partial charge in [0, 0.05) is 6.54 Å². The predicted octanol–water partition coefficient (Wildman–Crippen LogP) is 4.11. The van der Waals surface area contributed by atoms with E-state index in [-0.39, 0.29) is 24.2 Å². The average molecular weight is 716 g/mol. The van der Waals surface area contributed by atoms with Crippen LogP contribution in [0.5, 0.6) is 0 Å². The molecule has 50 heavy (non-hydrogen) atoms. The maximum absolute atomic E-state index is 14.4. The maximum atomic E-state index is 14.4. The molecule has 2 aliphatic rings. The molecule has 2 unspecified atom stereocenters. The number of rotatable bonds is 17. The van der Waals surface area contributed by atoms with Gasteiger partial charge in [-0.15, -0.1) is 0 Å².